The van der Waals surface area contributed by atoms with Gasteiger partial charge in [0.25, 0.3) is 0 Å². The highest BCUT2D eigenvalue weighted by molar-refractivity contribution is 7.91. The lowest BCUT2D eigenvalue weighted by atomic mass is 10.2. The van der Waals surface area contributed by atoms with Gasteiger partial charge in [0.1, 0.15) is 0 Å². The Balaban J connectivity index is 2.65. The van der Waals surface area contributed by atoms with Gasteiger partial charge in [0.05, 0.1) is 18.1 Å². The van der Waals surface area contributed by atoms with E-state index in [-0.39, 0.29) is 24.1 Å². The summed E-state index contributed by atoms with van der Waals surface area (Å²) in [7, 11) is -2.96. The highest BCUT2D eigenvalue weighted by Crippen LogP contribution is 2.17. The van der Waals surface area contributed by atoms with Crippen molar-refractivity contribution in [3.63, 3.8) is 0 Å². The normalized spacial score (nSPS) is 24.2. The average molecular weight is 247 g/mol. The molecule has 0 radical (unpaired) electrons. The summed E-state index contributed by atoms with van der Waals surface area (Å²) in [6.07, 6.45) is 4.21. The molecule has 0 saturated carbocycles. The highest BCUT2D eigenvalue weighted by atomic mass is 32.2. The quantitative estimate of drug-likeness (QED) is 0.699. The Morgan fingerprint density at radius 3 is 2.69 bits per heavy atom. The summed E-state index contributed by atoms with van der Waals surface area (Å²) >= 11 is 0. The summed E-state index contributed by atoms with van der Waals surface area (Å²) in [5.41, 5.74) is 0. The first-order valence-electron chi connectivity index (χ1n) is 5.22. The number of sulfone groups is 1. The van der Waals surface area contributed by atoms with Crippen LogP contribution in [-0.2, 0) is 14.6 Å². The van der Waals surface area contributed by atoms with Crippen molar-refractivity contribution in [1.82, 2.24) is 4.90 Å². The molecule has 1 atom stereocenters. The molecule has 92 valence electrons. The maximum absolute atomic E-state index is 11.3. The summed E-state index contributed by atoms with van der Waals surface area (Å²) in [4.78, 5) is 12.4. The molecule has 1 fully saturated rings. The number of carboxylic acid groups (broad SMARTS) is 1. The predicted octanol–water partition coefficient (Wildman–Crippen LogP) is 0.136. The first kappa shape index (κ1) is 13.2. The minimum absolute atomic E-state index is 0.0812. The standard InChI is InChI=1S/C10H17NO4S/c1-2-3-5-11(7-10(12)13)9-4-6-16(14,15)8-9/h2-3,9H,4-8H2,1H3,(H,12,13)/b3-2+. The van der Waals surface area contributed by atoms with Gasteiger partial charge in [0, 0.05) is 12.6 Å². The van der Waals surface area contributed by atoms with Gasteiger partial charge in [-0.15, -0.1) is 0 Å². The molecule has 0 aromatic heterocycles. The van der Waals surface area contributed by atoms with Crippen LogP contribution in [0.4, 0.5) is 0 Å². The largest absolute Gasteiger partial charge is 0.480 e. The molecular formula is C10H17NO4S. The number of hydrogen-bond donors (Lipinski definition) is 1. The third-order valence-electron chi connectivity index (χ3n) is 2.64. The fraction of sp³-hybridized carbons (Fsp3) is 0.700. The lowest BCUT2D eigenvalue weighted by molar-refractivity contribution is -0.138. The molecule has 1 aliphatic rings. The number of rotatable bonds is 5. The maximum Gasteiger partial charge on any atom is 0.317 e. The summed E-state index contributed by atoms with van der Waals surface area (Å²) in [5, 5.41) is 8.76. The summed E-state index contributed by atoms with van der Waals surface area (Å²) < 4.78 is 22.6. The molecule has 0 bridgehead atoms. The second kappa shape index (κ2) is 5.45. The van der Waals surface area contributed by atoms with Crippen LogP contribution in [0.1, 0.15) is 13.3 Å². The molecule has 1 unspecified atom stereocenters. The molecule has 0 amide bonds. The van der Waals surface area contributed by atoms with E-state index in [0.717, 1.165) is 0 Å². The Hall–Kier alpha value is -0.880. The van der Waals surface area contributed by atoms with E-state index in [2.05, 4.69) is 0 Å². The van der Waals surface area contributed by atoms with E-state index in [4.69, 9.17) is 5.11 Å². The number of hydrogen-bond acceptors (Lipinski definition) is 4. The summed E-state index contributed by atoms with van der Waals surface area (Å²) in [6, 6.07) is -0.155. The molecule has 0 spiro atoms. The van der Waals surface area contributed by atoms with Crippen LogP contribution in [0.15, 0.2) is 12.2 Å². The first-order chi connectivity index (χ1) is 7.44. The Kier molecular flexibility index (Phi) is 4.49. The Labute approximate surface area is 95.7 Å². The smallest absolute Gasteiger partial charge is 0.317 e. The number of carbonyl (C=O) groups is 1. The minimum Gasteiger partial charge on any atom is -0.480 e. The van der Waals surface area contributed by atoms with Gasteiger partial charge >= 0.3 is 5.97 Å². The van der Waals surface area contributed by atoms with Gasteiger partial charge in [-0.3, -0.25) is 9.69 Å². The van der Waals surface area contributed by atoms with Crippen molar-refractivity contribution in [3.05, 3.63) is 12.2 Å². The van der Waals surface area contributed by atoms with Crippen LogP contribution < -0.4 is 0 Å². The molecule has 5 nitrogen and oxygen atoms in total. The van der Waals surface area contributed by atoms with Crippen LogP contribution in [0.25, 0.3) is 0 Å². The topological polar surface area (TPSA) is 74.7 Å². The maximum atomic E-state index is 11.3. The molecule has 1 heterocycles. The molecule has 0 aliphatic carbocycles. The predicted molar refractivity (Wildman–Crippen MR) is 61.1 cm³/mol. The van der Waals surface area contributed by atoms with Crippen molar-refractivity contribution in [2.45, 2.75) is 19.4 Å². The van der Waals surface area contributed by atoms with Crippen molar-refractivity contribution in [3.8, 4) is 0 Å². The minimum atomic E-state index is -2.96. The van der Waals surface area contributed by atoms with E-state index in [1.54, 1.807) is 4.90 Å². The van der Waals surface area contributed by atoms with Gasteiger partial charge in [0.15, 0.2) is 9.84 Å². The fourth-order valence-corrected chi connectivity index (χ4v) is 3.58. The van der Waals surface area contributed by atoms with Crippen LogP contribution in [0.3, 0.4) is 0 Å². The number of aliphatic carboxylic acids is 1. The molecule has 6 heteroatoms. The Morgan fingerprint density at radius 1 is 1.56 bits per heavy atom. The third kappa shape index (κ3) is 3.94. The van der Waals surface area contributed by atoms with Gasteiger partial charge in [0.2, 0.25) is 0 Å². The van der Waals surface area contributed by atoms with Crippen molar-refractivity contribution < 1.29 is 18.3 Å². The van der Waals surface area contributed by atoms with Gasteiger partial charge < -0.3 is 5.11 Å². The van der Waals surface area contributed by atoms with Crippen LogP contribution in [-0.4, -0.2) is 55.0 Å². The summed E-state index contributed by atoms with van der Waals surface area (Å²) in [5.74, 6) is -0.671. The van der Waals surface area contributed by atoms with E-state index in [0.29, 0.717) is 13.0 Å². The summed E-state index contributed by atoms with van der Waals surface area (Å²) in [6.45, 7) is 2.23. The molecule has 0 aromatic rings. The van der Waals surface area contributed by atoms with Gasteiger partial charge in [-0.1, -0.05) is 12.2 Å². The zero-order valence-corrected chi connectivity index (χ0v) is 10.1. The Morgan fingerprint density at radius 2 is 2.25 bits per heavy atom. The molecule has 0 aromatic carbocycles. The second-order valence-corrected chi connectivity index (χ2v) is 6.18. The second-order valence-electron chi connectivity index (χ2n) is 3.95. The van der Waals surface area contributed by atoms with Crippen molar-refractivity contribution >= 4 is 15.8 Å². The molecule has 16 heavy (non-hydrogen) atoms. The highest BCUT2D eigenvalue weighted by Gasteiger charge is 2.32. The van der Waals surface area contributed by atoms with Crippen molar-refractivity contribution in [2.75, 3.05) is 24.6 Å². The average Bonchev–Trinajstić information content (AvgIpc) is 2.52. The first-order valence-corrected chi connectivity index (χ1v) is 7.04. The van der Waals surface area contributed by atoms with Crippen LogP contribution in [0.5, 0.6) is 0 Å². The zero-order chi connectivity index (χ0) is 12.2. The molecule has 1 saturated heterocycles. The Bertz CT molecular complexity index is 374. The molecule has 1 rings (SSSR count). The number of nitrogens with zero attached hydrogens (tertiary/aromatic N) is 1. The van der Waals surface area contributed by atoms with Gasteiger partial charge in [-0.05, 0) is 13.3 Å². The number of carboxylic acids is 1. The molecular weight excluding hydrogens is 230 g/mol. The molecule has 1 N–H and O–H groups in total. The van der Waals surface area contributed by atoms with Gasteiger partial charge in [-0.25, -0.2) is 8.42 Å². The number of allylic oxidation sites excluding steroid dienone is 1. The van der Waals surface area contributed by atoms with E-state index in [1.807, 2.05) is 19.1 Å². The van der Waals surface area contributed by atoms with E-state index in [1.165, 1.54) is 0 Å². The lowest BCUT2D eigenvalue weighted by Gasteiger charge is -2.24. The fourth-order valence-electron chi connectivity index (χ4n) is 1.82. The van der Waals surface area contributed by atoms with E-state index in [9.17, 15) is 13.2 Å². The lowest BCUT2D eigenvalue weighted by Crippen LogP contribution is -2.40. The van der Waals surface area contributed by atoms with E-state index < -0.39 is 15.8 Å². The van der Waals surface area contributed by atoms with Gasteiger partial charge in [-0.2, -0.15) is 0 Å². The SMILES string of the molecule is C/C=C/CN(CC(=O)O)C1CCS(=O)(=O)C1. The zero-order valence-electron chi connectivity index (χ0n) is 9.30. The van der Waals surface area contributed by atoms with Crippen LogP contribution in [0, 0.1) is 0 Å². The van der Waals surface area contributed by atoms with Crippen LogP contribution in [0.2, 0.25) is 0 Å². The molecule has 1 aliphatic heterocycles. The van der Waals surface area contributed by atoms with Crippen molar-refractivity contribution in [1.29, 1.82) is 0 Å². The van der Waals surface area contributed by atoms with Crippen molar-refractivity contribution in [2.24, 2.45) is 0 Å². The van der Waals surface area contributed by atoms with Crippen LogP contribution >= 0.6 is 0 Å². The third-order valence-corrected chi connectivity index (χ3v) is 4.39. The monoisotopic (exact) mass is 247 g/mol. The van der Waals surface area contributed by atoms with E-state index >= 15 is 0 Å².